The molecule has 1 heterocycles. The van der Waals surface area contributed by atoms with E-state index in [1.54, 1.807) is 25.1 Å². The molecule has 0 radical (unpaired) electrons. The number of rotatable bonds is 9. The van der Waals surface area contributed by atoms with Crippen LogP contribution in [0.1, 0.15) is 32.5 Å². The zero-order valence-corrected chi connectivity index (χ0v) is 20.7. The van der Waals surface area contributed by atoms with E-state index in [0.29, 0.717) is 5.56 Å². The van der Waals surface area contributed by atoms with Crippen molar-refractivity contribution in [1.82, 2.24) is 9.21 Å². The summed E-state index contributed by atoms with van der Waals surface area (Å²) in [7, 11) is -2.71. The number of benzene rings is 2. The number of carbonyl (C=O) groups is 1. The Morgan fingerprint density at radius 1 is 1.15 bits per heavy atom. The molecule has 184 valence electrons. The van der Waals surface area contributed by atoms with Crippen molar-refractivity contribution in [1.29, 1.82) is 0 Å². The zero-order valence-electron chi connectivity index (χ0n) is 19.9. The van der Waals surface area contributed by atoms with Crippen LogP contribution < -0.4 is 4.90 Å². The molecule has 1 amide bonds. The van der Waals surface area contributed by atoms with Gasteiger partial charge in [0.2, 0.25) is 10.0 Å². The molecule has 2 unspecified atom stereocenters. The molecule has 1 aliphatic rings. The lowest BCUT2D eigenvalue weighted by atomic mass is 10.1. The summed E-state index contributed by atoms with van der Waals surface area (Å²) in [6.45, 7) is 7.04. The largest absolute Gasteiger partial charge is 0.597 e. The first-order chi connectivity index (χ1) is 16.2. The van der Waals surface area contributed by atoms with Gasteiger partial charge >= 0.3 is 0 Å². The highest BCUT2D eigenvalue weighted by Gasteiger charge is 2.47. The van der Waals surface area contributed by atoms with Crippen molar-refractivity contribution < 1.29 is 22.9 Å². The maximum Gasteiger partial charge on any atom is 0.294 e. The maximum atomic E-state index is 13.6. The quantitative estimate of drug-likeness (QED) is 0.304. The standard InChI is InChI=1S/C23H31N5O5S/c1-5-25(6-2)20-14-12-19(13-15-20)23-26(34(31,32)21-10-8-7-9-11-21)16-18(3)28(23)22(29)17-27(30)24-33-4/h7-15,18,23H,5-6,16-17H2,1-4H3/b27-24-. The average Bonchev–Trinajstić information content (AvgIpc) is 3.19. The third kappa shape index (κ3) is 5.15. The minimum atomic E-state index is -3.92. The van der Waals surface area contributed by atoms with Crippen molar-refractivity contribution >= 4 is 21.6 Å². The minimum absolute atomic E-state index is 0.0890. The smallest absolute Gasteiger partial charge is 0.294 e. The minimum Gasteiger partial charge on any atom is -0.597 e. The Balaban J connectivity index is 2.06. The first-order valence-corrected chi connectivity index (χ1v) is 12.6. The molecule has 1 fully saturated rings. The highest BCUT2D eigenvalue weighted by molar-refractivity contribution is 7.89. The summed E-state index contributed by atoms with van der Waals surface area (Å²) in [5, 5.41) is 15.1. The van der Waals surface area contributed by atoms with Crippen LogP contribution in [0.5, 0.6) is 0 Å². The highest BCUT2D eigenvalue weighted by atomic mass is 32.2. The molecule has 3 rings (SSSR count). The van der Waals surface area contributed by atoms with Crippen molar-refractivity contribution in [2.75, 3.05) is 38.2 Å². The Morgan fingerprint density at radius 3 is 2.32 bits per heavy atom. The molecule has 2 atom stereocenters. The maximum absolute atomic E-state index is 13.6. The van der Waals surface area contributed by atoms with Crippen molar-refractivity contribution in [2.45, 2.75) is 37.9 Å². The summed E-state index contributed by atoms with van der Waals surface area (Å²) in [4.78, 5) is 21.5. The third-order valence-corrected chi connectivity index (χ3v) is 7.69. The molecule has 11 heteroatoms. The summed E-state index contributed by atoms with van der Waals surface area (Å²) in [6, 6.07) is 15.2. The lowest BCUT2D eigenvalue weighted by molar-refractivity contribution is -0.547. The Kier molecular flexibility index (Phi) is 8.11. The summed E-state index contributed by atoms with van der Waals surface area (Å²) in [6.07, 6.45) is -0.908. The van der Waals surface area contributed by atoms with Crippen LogP contribution in [0.25, 0.3) is 0 Å². The van der Waals surface area contributed by atoms with Crippen molar-refractivity contribution in [3.05, 3.63) is 65.4 Å². The van der Waals surface area contributed by atoms with Crippen LogP contribution in [0.3, 0.4) is 0 Å². The monoisotopic (exact) mass is 489 g/mol. The number of amides is 1. The molecule has 34 heavy (non-hydrogen) atoms. The number of hydroxylamine groups is 1. The van der Waals surface area contributed by atoms with Crippen LogP contribution in [-0.4, -0.2) is 67.7 Å². The third-order valence-electron chi connectivity index (χ3n) is 5.86. The Morgan fingerprint density at radius 2 is 1.76 bits per heavy atom. The molecule has 0 N–H and O–H groups in total. The van der Waals surface area contributed by atoms with Crippen molar-refractivity contribution in [3.8, 4) is 0 Å². The van der Waals surface area contributed by atoms with E-state index in [4.69, 9.17) is 0 Å². The molecule has 0 bridgehead atoms. The van der Waals surface area contributed by atoms with Crippen LogP contribution in [0.15, 0.2) is 64.8 Å². The average molecular weight is 490 g/mol. The molecule has 2 aromatic rings. The second-order valence-electron chi connectivity index (χ2n) is 7.95. The Hall–Kier alpha value is -3.18. The highest BCUT2D eigenvalue weighted by Crippen LogP contribution is 2.38. The predicted molar refractivity (Wildman–Crippen MR) is 127 cm³/mol. The molecule has 0 spiro atoms. The van der Waals surface area contributed by atoms with Gasteiger partial charge in [0.1, 0.15) is 13.3 Å². The lowest BCUT2D eigenvalue weighted by Crippen LogP contribution is -2.42. The molecular weight excluding hydrogens is 458 g/mol. The van der Waals surface area contributed by atoms with Crippen molar-refractivity contribution in [2.24, 2.45) is 5.28 Å². The SMILES string of the molecule is CCN(CC)c1ccc(C2N(C(=O)C/[N+]([O-])=N/OC)C(C)CN2S(=O)(=O)c2ccccc2)cc1. The molecule has 0 aliphatic carbocycles. The van der Waals surface area contributed by atoms with Gasteiger partial charge in [0, 0.05) is 31.4 Å². The van der Waals surface area contributed by atoms with Crippen molar-refractivity contribution in [3.63, 3.8) is 0 Å². The van der Waals surface area contributed by atoms with E-state index in [1.807, 2.05) is 24.3 Å². The number of nitrogens with zero attached hydrogens (tertiary/aromatic N) is 5. The number of sulfonamides is 1. The molecule has 0 aromatic heterocycles. The number of hydrogen-bond donors (Lipinski definition) is 0. The van der Waals surface area contributed by atoms with Gasteiger partial charge in [-0.25, -0.2) is 8.42 Å². The second-order valence-corrected chi connectivity index (χ2v) is 9.84. The molecule has 0 saturated carbocycles. The van der Waals surface area contributed by atoms with Gasteiger partial charge in [-0.3, -0.25) is 4.79 Å². The van der Waals surface area contributed by atoms with E-state index in [0.717, 1.165) is 18.8 Å². The lowest BCUT2D eigenvalue weighted by Gasteiger charge is -2.31. The van der Waals surface area contributed by atoms with Gasteiger partial charge in [-0.2, -0.15) is 4.31 Å². The van der Waals surface area contributed by atoms with Crippen LogP contribution in [0.2, 0.25) is 0 Å². The summed E-state index contributed by atoms with van der Waals surface area (Å²) < 4.78 is 28.5. The first-order valence-electron chi connectivity index (χ1n) is 11.2. The van der Waals surface area contributed by atoms with Crippen LogP contribution in [0.4, 0.5) is 5.69 Å². The van der Waals surface area contributed by atoms with Gasteiger partial charge < -0.3 is 19.8 Å². The number of anilines is 1. The van der Waals surface area contributed by atoms with E-state index >= 15 is 0 Å². The fourth-order valence-electron chi connectivity index (χ4n) is 4.26. The van der Waals surface area contributed by atoms with Gasteiger partial charge in [-0.05, 0) is 55.5 Å². The summed E-state index contributed by atoms with van der Waals surface area (Å²) in [5.41, 5.74) is 1.63. The molecule has 1 saturated heterocycles. The van der Waals surface area contributed by atoms with Gasteiger partial charge in [0.05, 0.1) is 4.90 Å². The van der Waals surface area contributed by atoms with E-state index in [9.17, 15) is 18.4 Å². The number of hydrogen-bond acceptors (Lipinski definition) is 7. The predicted octanol–water partition coefficient (Wildman–Crippen LogP) is 2.98. The summed E-state index contributed by atoms with van der Waals surface area (Å²) in [5.74, 6) is -0.549. The van der Waals surface area contributed by atoms with Crippen LogP contribution in [-0.2, 0) is 19.7 Å². The normalized spacial score (nSPS) is 19.3. The van der Waals surface area contributed by atoms with Crippen LogP contribution in [0, 0.1) is 5.21 Å². The fraction of sp³-hybridized carbons (Fsp3) is 0.435. The first kappa shape index (κ1) is 25.4. The van der Waals surface area contributed by atoms with Crippen LogP contribution >= 0.6 is 0 Å². The van der Waals surface area contributed by atoms with Gasteiger partial charge in [-0.1, -0.05) is 30.3 Å². The molecule has 10 nitrogen and oxygen atoms in total. The fourth-order valence-corrected chi connectivity index (χ4v) is 5.93. The van der Waals surface area contributed by atoms with E-state index in [-0.39, 0.29) is 16.3 Å². The second kappa shape index (κ2) is 10.8. The zero-order chi connectivity index (χ0) is 24.9. The molecular formula is C23H31N5O5S. The van der Waals surface area contributed by atoms with Gasteiger partial charge in [0.15, 0.2) is 5.28 Å². The molecule has 1 aliphatic heterocycles. The van der Waals surface area contributed by atoms with E-state index < -0.39 is 34.7 Å². The van der Waals surface area contributed by atoms with Gasteiger partial charge in [0.25, 0.3) is 12.5 Å². The van der Waals surface area contributed by atoms with E-state index in [2.05, 4.69) is 28.9 Å². The Bertz CT molecular complexity index is 1100. The van der Waals surface area contributed by atoms with E-state index in [1.165, 1.54) is 28.4 Å². The summed E-state index contributed by atoms with van der Waals surface area (Å²) >= 11 is 0. The number of carbonyl (C=O) groups excluding carboxylic acids is 1. The Labute approximate surface area is 200 Å². The molecule has 2 aromatic carbocycles. The topological polar surface area (TPSA) is 109 Å². The van der Waals surface area contributed by atoms with Gasteiger partial charge in [-0.15, -0.1) is 0 Å².